The van der Waals surface area contributed by atoms with Crippen LogP contribution in [-0.4, -0.2) is 36.4 Å². The van der Waals surface area contributed by atoms with Crippen molar-refractivity contribution in [3.63, 3.8) is 0 Å². The van der Waals surface area contributed by atoms with Crippen LogP contribution in [0.15, 0.2) is 30.3 Å². The number of aromatic nitrogens is 1. The van der Waals surface area contributed by atoms with Crippen LogP contribution >= 0.6 is 0 Å². The topological polar surface area (TPSA) is 62.4 Å². The average molecular weight is 340 g/mol. The summed E-state index contributed by atoms with van der Waals surface area (Å²) in [5.41, 5.74) is 3.42. The van der Waals surface area contributed by atoms with E-state index in [0.29, 0.717) is 30.3 Å². The van der Waals surface area contributed by atoms with Crippen LogP contribution in [0, 0.1) is 19.8 Å². The number of amides is 1. The summed E-state index contributed by atoms with van der Waals surface area (Å²) in [6.07, 6.45) is 0.956. The van der Waals surface area contributed by atoms with E-state index >= 15 is 0 Å². The van der Waals surface area contributed by atoms with Crippen molar-refractivity contribution >= 4 is 17.4 Å². The molecule has 0 radical (unpaired) electrons. The number of H-pyrrole nitrogens is 1. The third-order valence-corrected chi connectivity index (χ3v) is 4.78. The molecule has 25 heavy (non-hydrogen) atoms. The largest absolute Gasteiger partial charge is 0.381 e. The lowest BCUT2D eigenvalue weighted by Crippen LogP contribution is -2.36. The number of nitrogens with one attached hydrogen (secondary N) is 1. The lowest BCUT2D eigenvalue weighted by molar-refractivity contribution is 0.0976. The van der Waals surface area contributed by atoms with Crippen molar-refractivity contribution in [1.29, 1.82) is 0 Å². The second-order valence-electron chi connectivity index (χ2n) is 6.66. The minimum Gasteiger partial charge on any atom is -0.381 e. The van der Waals surface area contributed by atoms with Gasteiger partial charge in [-0.15, -0.1) is 0 Å². The number of para-hydroxylation sites is 1. The smallest absolute Gasteiger partial charge is 0.274 e. The van der Waals surface area contributed by atoms with Crippen LogP contribution in [-0.2, 0) is 4.74 Å². The van der Waals surface area contributed by atoms with Crippen molar-refractivity contribution in [2.24, 2.45) is 5.92 Å². The van der Waals surface area contributed by atoms with Crippen molar-refractivity contribution in [3.8, 4) is 0 Å². The summed E-state index contributed by atoms with van der Waals surface area (Å²) < 4.78 is 5.47. The summed E-state index contributed by atoms with van der Waals surface area (Å²) in [6.45, 7) is 7.22. The lowest BCUT2D eigenvalue weighted by atomic mass is 10.0. The molecule has 1 aromatic heterocycles. The fourth-order valence-corrected chi connectivity index (χ4v) is 3.53. The monoisotopic (exact) mass is 340 g/mol. The highest BCUT2D eigenvalue weighted by molar-refractivity contribution is 6.08. The molecule has 0 unspecified atom stereocenters. The predicted octanol–water partition coefficient (Wildman–Crippen LogP) is 3.52. The first kappa shape index (κ1) is 17.4. The highest BCUT2D eigenvalue weighted by atomic mass is 16.5. The van der Waals surface area contributed by atoms with Crippen LogP contribution < -0.4 is 4.90 Å². The zero-order chi connectivity index (χ0) is 18.0. The SMILES string of the molecule is CC(=O)c1c(C)[nH]c(C(=O)N(C[C@H]2CCOC2)c2ccccc2)c1C. The lowest BCUT2D eigenvalue weighted by Gasteiger charge is -2.25. The first-order valence-corrected chi connectivity index (χ1v) is 8.63. The molecular formula is C20H24N2O3. The Morgan fingerprint density at radius 2 is 1.96 bits per heavy atom. The Bertz CT molecular complexity index is 774. The highest BCUT2D eigenvalue weighted by Gasteiger charge is 2.28. The molecule has 132 valence electrons. The average Bonchev–Trinajstić information content (AvgIpc) is 3.20. The van der Waals surface area contributed by atoms with E-state index in [-0.39, 0.29) is 11.7 Å². The van der Waals surface area contributed by atoms with Gasteiger partial charge in [-0.3, -0.25) is 9.59 Å². The first-order chi connectivity index (χ1) is 12.0. The van der Waals surface area contributed by atoms with Gasteiger partial charge in [0.1, 0.15) is 5.69 Å². The molecule has 0 bridgehead atoms. The van der Waals surface area contributed by atoms with E-state index in [1.54, 1.807) is 4.90 Å². The molecule has 1 aliphatic heterocycles. The van der Waals surface area contributed by atoms with E-state index in [1.165, 1.54) is 6.92 Å². The van der Waals surface area contributed by atoms with Crippen LogP contribution in [0.3, 0.4) is 0 Å². The number of carbonyl (C=O) groups excluding carboxylic acids is 2. The summed E-state index contributed by atoms with van der Waals surface area (Å²) in [4.78, 5) is 30.1. The zero-order valence-electron chi connectivity index (χ0n) is 15.0. The summed E-state index contributed by atoms with van der Waals surface area (Å²) in [5.74, 6) is 0.194. The second-order valence-corrected chi connectivity index (χ2v) is 6.66. The van der Waals surface area contributed by atoms with Crippen molar-refractivity contribution in [3.05, 3.63) is 52.8 Å². The van der Waals surface area contributed by atoms with Crippen molar-refractivity contribution in [1.82, 2.24) is 4.98 Å². The van der Waals surface area contributed by atoms with Gasteiger partial charge < -0.3 is 14.6 Å². The molecule has 0 spiro atoms. The molecule has 5 nitrogen and oxygen atoms in total. The van der Waals surface area contributed by atoms with Gasteiger partial charge in [0.05, 0.1) is 6.61 Å². The molecule has 2 aromatic rings. The molecule has 3 rings (SSSR count). The van der Waals surface area contributed by atoms with E-state index in [2.05, 4.69) is 4.98 Å². The van der Waals surface area contributed by atoms with Crippen LogP contribution in [0.4, 0.5) is 5.69 Å². The molecule has 0 aliphatic carbocycles. The van der Waals surface area contributed by atoms with Gasteiger partial charge in [-0.1, -0.05) is 18.2 Å². The third-order valence-electron chi connectivity index (χ3n) is 4.78. The number of aryl methyl sites for hydroxylation is 1. The molecule has 1 amide bonds. The van der Waals surface area contributed by atoms with E-state index in [9.17, 15) is 9.59 Å². The first-order valence-electron chi connectivity index (χ1n) is 8.63. The normalized spacial score (nSPS) is 16.8. The highest BCUT2D eigenvalue weighted by Crippen LogP contribution is 2.25. The Morgan fingerprint density at radius 3 is 2.52 bits per heavy atom. The number of hydrogen-bond acceptors (Lipinski definition) is 3. The maximum absolute atomic E-state index is 13.3. The van der Waals surface area contributed by atoms with Crippen LogP contribution in [0.1, 0.15) is 45.4 Å². The number of ketones is 1. The van der Waals surface area contributed by atoms with E-state index in [0.717, 1.165) is 30.0 Å². The van der Waals surface area contributed by atoms with E-state index in [1.807, 2.05) is 44.2 Å². The fraction of sp³-hybridized carbons (Fsp3) is 0.400. The van der Waals surface area contributed by atoms with Crippen molar-refractivity contribution < 1.29 is 14.3 Å². The van der Waals surface area contributed by atoms with Crippen LogP contribution in [0.25, 0.3) is 0 Å². The molecule has 1 aliphatic rings. The zero-order valence-corrected chi connectivity index (χ0v) is 15.0. The maximum atomic E-state index is 13.3. The summed E-state index contributed by atoms with van der Waals surface area (Å²) in [5, 5.41) is 0. The molecule has 1 aromatic carbocycles. The molecule has 0 saturated carbocycles. The number of nitrogens with zero attached hydrogens (tertiary/aromatic N) is 1. The minimum absolute atomic E-state index is 0.0271. The standard InChI is InChI=1S/C20H24N2O3/c1-13-18(15(3)23)14(2)21-19(13)20(24)22(11-16-9-10-25-12-16)17-7-5-4-6-8-17/h4-8,16,21H,9-12H2,1-3H3/t16-/m1/s1. The quantitative estimate of drug-likeness (QED) is 0.847. The van der Waals surface area contributed by atoms with E-state index < -0.39 is 0 Å². The van der Waals surface area contributed by atoms with Crippen LogP contribution in [0.5, 0.6) is 0 Å². The van der Waals surface area contributed by atoms with Gasteiger partial charge in [0.2, 0.25) is 0 Å². The number of ether oxygens (including phenoxy) is 1. The molecule has 1 atom stereocenters. The van der Waals surface area contributed by atoms with Crippen molar-refractivity contribution in [2.45, 2.75) is 27.2 Å². The second kappa shape index (κ2) is 7.23. The Balaban J connectivity index is 1.96. The molecule has 1 N–H and O–H groups in total. The summed E-state index contributed by atoms with van der Waals surface area (Å²) >= 11 is 0. The summed E-state index contributed by atoms with van der Waals surface area (Å²) in [7, 11) is 0. The van der Waals surface area contributed by atoms with Gasteiger partial charge in [0.25, 0.3) is 5.91 Å². The molecule has 1 saturated heterocycles. The number of benzene rings is 1. The number of aromatic amines is 1. The fourth-order valence-electron chi connectivity index (χ4n) is 3.53. The van der Waals surface area contributed by atoms with Gasteiger partial charge >= 0.3 is 0 Å². The van der Waals surface area contributed by atoms with E-state index in [4.69, 9.17) is 4.74 Å². The molecule has 1 fully saturated rings. The van der Waals surface area contributed by atoms with Crippen molar-refractivity contribution in [2.75, 3.05) is 24.7 Å². The number of carbonyl (C=O) groups is 2. The number of anilines is 1. The van der Waals surface area contributed by atoms with Gasteiger partial charge in [0, 0.05) is 36.0 Å². The Hall–Kier alpha value is -2.40. The Kier molecular flexibility index (Phi) is 5.04. The minimum atomic E-state index is -0.105. The molecule has 5 heteroatoms. The number of hydrogen-bond donors (Lipinski definition) is 1. The number of rotatable bonds is 5. The predicted molar refractivity (Wildman–Crippen MR) is 97.3 cm³/mol. The van der Waals surface area contributed by atoms with Gasteiger partial charge in [0.15, 0.2) is 5.78 Å². The van der Waals surface area contributed by atoms with Gasteiger partial charge in [-0.25, -0.2) is 0 Å². The van der Waals surface area contributed by atoms with Crippen LogP contribution in [0.2, 0.25) is 0 Å². The third kappa shape index (κ3) is 3.51. The maximum Gasteiger partial charge on any atom is 0.274 e. The Labute approximate surface area is 148 Å². The van der Waals surface area contributed by atoms with Gasteiger partial charge in [-0.2, -0.15) is 0 Å². The van der Waals surface area contributed by atoms with Gasteiger partial charge in [-0.05, 0) is 44.9 Å². The molecule has 2 heterocycles. The number of Topliss-reactive ketones (excluding diaryl/α,β-unsaturated/α-hetero) is 1. The molecular weight excluding hydrogens is 316 g/mol. The Morgan fingerprint density at radius 1 is 1.24 bits per heavy atom. The summed E-state index contributed by atoms with van der Waals surface area (Å²) in [6, 6.07) is 9.65.